The number of aromatic nitrogens is 2. The van der Waals surface area contributed by atoms with Crippen molar-refractivity contribution in [2.75, 3.05) is 80.4 Å². The molecular formula is C23H28FN5O2. The van der Waals surface area contributed by atoms with Gasteiger partial charge in [0, 0.05) is 39.3 Å². The van der Waals surface area contributed by atoms with Gasteiger partial charge in [0.15, 0.2) is 11.6 Å². The molecule has 8 heteroatoms. The molecule has 3 aliphatic rings. The summed E-state index contributed by atoms with van der Waals surface area (Å²) in [5.74, 6) is 1.01. The predicted molar refractivity (Wildman–Crippen MR) is 119 cm³/mol. The number of halogens is 1. The van der Waals surface area contributed by atoms with E-state index in [1.165, 1.54) is 11.1 Å². The molecule has 2 fully saturated rings. The maximum Gasteiger partial charge on any atom is 0.229 e. The number of morpholine rings is 2. The molecule has 0 radical (unpaired) electrons. The van der Waals surface area contributed by atoms with Gasteiger partial charge in [0.25, 0.3) is 0 Å². The minimum atomic E-state index is -0.343. The summed E-state index contributed by atoms with van der Waals surface area (Å²) in [5, 5.41) is 0. The average Bonchev–Trinajstić information content (AvgIpc) is 2.86. The Morgan fingerprint density at radius 3 is 1.84 bits per heavy atom. The molecule has 2 saturated heterocycles. The van der Waals surface area contributed by atoms with Gasteiger partial charge in [-0.25, -0.2) is 0 Å². The quantitative estimate of drug-likeness (QED) is 0.746. The lowest BCUT2D eigenvalue weighted by molar-refractivity contribution is 0.121. The van der Waals surface area contributed by atoms with Crippen molar-refractivity contribution in [3.8, 4) is 0 Å². The number of ether oxygens (including phenoxy) is 2. The lowest BCUT2D eigenvalue weighted by Gasteiger charge is -2.34. The van der Waals surface area contributed by atoms with E-state index in [0.29, 0.717) is 76.7 Å². The van der Waals surface area contributed by atoms with Crippen LogP contribution in [0, 0.1) is 5.82 Å². The number of hydrogen-bond donors (Lipinski definition) is 0. The molecule has 0 spiro atoms. The molecule has 2 aromatic rings. The van der Waals surface area contributed by atoms with E-state index in [9.17, 15) is 0 Å². The highest BCUT2D eigenvalue weighted by Gasteiger charge is 2.27. The second-order valence-corrected chi connectivity index (χ2v) is 7.98. The van der Waals surface area contributed by atoms with Crippen LogP contribution in [0.5, 0.6) is 0 Å². The lowest BCUT2D eigenvalue weighted by atomic mass is 10.00. The summed E-state index contributed by atoms with van der Waals surface area (Å²) in [6.07, 6.45) is 3.14. The highest BCUT2D eigenvalue weighted by atomic mass is 19.1. The van der Waals surface area contributed by atoms with Crippen LogP contribution in [0.4, 0.5) is 22.0 Å². The lowest BCUT2D eigenvalue weighted by Crippen LogP contribution is -2.41. The Balaban J connectivity index is 1.45. The first-order chi connectivity index (χ1) is 15.3. The molecule has 0 bridgehead atoms. The molecule has 3 aliphatic heterocycles. The Bertz CT molecular complexity index is 888. The molecule has 1 aromatic heterocycles. The molecule has 5 rings (SSSR count). The highest BCUT2D eigenvalue weighted by molar-refractivity contribution is 5.68. The molecule has 0 N–H and O–H groups in total. The maximum atomic E-state index is 15.6. The molecule has 164 valence electrons. The van der Waals surface area contributed by atoms with Gasteiger partial charge < -0.3 is 24.2 Å². The van der Waals surface area contributed by atoms with Crippen molar-refractivity contribution in [3.05, 3.63) is 47.8 Å². The van der Waals surface area contributed by atoms with E-state index in [0.717, 1.165) is 13.0 Å². The van der Waals surface area contributed by atoms with Gasteiger partial charge in [0.2, 0.25) is 11.8 Å². The molecule has 0 atom stereocenters. The monoisotopic (exact) mass is 425 g/mol. The molecule has 31 heavy (non-hydrogen) atoms. The van der Waals surface area contributed by atoms with E-state index in [1.54, 1.807) is 0 Å². The zero-order valence-electron chi connectivity index (χ0n) is 17.7. The van der Waals surface area contributed by atoms with Crippen molar-refractivity contribution >= 4 is 23.2 Å². The van der Waals surface area contributed by atoms with Crippen LogP contribution >= 0.6 is 0 Å². The molecule has 0 amide bonds. The second kappa shape index (κ2) is 9.20. The third-order valence-electron chi connectivity index (χ3n) is 6.06. The topological polar surface area (TPSA) is 54.0 Å². The van der Waals surface area contributed by atoms with Crippen molar-refractivity contribution in [1.29, 1.82) is 0 Å². The number of hydrogen-bond acceptors (Lipinski definition) is 7. The summed E-state index contributed by atoms with van der Waals surface area (Å²) in [5.41, 5.74) is 2.59. The van der Waals surface area contributed by atoms with E-state index in [-0.39, 0.29) is 5.82 Å². The number of nitrogens with zero attached hydrogens (tertiary/aromatic N) is 5. The fraction of sp³-hybridized carbons (Fsp3) is 0.478. The molecular weight excluding hydrogens is 397 g/mol. The molecule has 7 nitrogen and oxygen atoms in total. The van der Waals surface area contributed by atoms with Gasteiger partial charge in [0.1, 0.15) is 0 Å². The maximum absolute atomic E-state index is 15.6. The Morgan fingerprint density at radius 2 is 1.32 bits per heavy atom. The van der Waals surface area contributed by atoms with E-state index in [2.05, 4.69) is 35.2 Å². The van der Waals surface area contributed by atoms with Crippen LogP contribution in [0.1, 0.15) is 12.0 Å². The first kappa shape index (κ1) is 20.2. The molecule has 4 heterocycles. The van der Waals surface area contributed by atoms with Gasteiger partial charge in [0.05, 0.1) is 26.4 Å². The van der Waals surface area contributed by atoms with Crippen LogP contribution < -0.4 is 14.7 Å². The number of anilines is 3. The van der Waals surface area contributed by atoms with E-state index < -0.39 is 0 Å². The van der Waals surface area contributed by atoms with Crippen LogP contribution in [0.3, 0.4) is 0 Å². The van der Waals surface area contributed by atoms with Crippen LogP contribution in [0.2, 0.25) is 0 Å². The Kier molecular flexibility index (Phi) is 5.99. The zero-order valence-corrected chi connectivity index (χ0v) is 17.7. The molecule has 0 aliphatic carbocycles. The standard InChI is InChI=1S/C23H28FN5O2/c24-20-21(27-10-14-30-15-11-27)25-23(26-22(20)28-12-16-31-17-13-28)29-8-6-19(7-9-29)18-4-2-1-3-5-18/h1-6H,7-17H2. The number of benzene rings is 1. The third-order valence-corrected chi connectivity index (χ3v) is 6.06. The minimum absolute atomic E-state index is 0.343. The average molecular weight is 426 g/mol. The predicted octanol–water partition coefficient (Wildman–Crippen LogP) is 2.58. The molecule has 0 saturated carbocycles. The van der Waals surface area contributed by atoms with Gasteiger partial charge in [-0.2, -0.15) is 14.4 Å². The largest absolute Gasteiger partial charge is 0.378 e. The van der Waals surface area contributed by atoms with Gasteiger partial charge in [-0.3, -0.25) is 0 Å². The first-order valence-electron chi connectivity index (χ1n) is 11.0. The Hall–Kier alpha value is -2.71. The minimum Gasteiger partial charge on any atom is -0.378 e. The van der Waals surface area contributed by atoms with Crippen LogP contribution in [0.15, 0.2) is 36.4 Å². The normalized spacial score (nSPS) is 20.0. The fourth-order valence-electron chi connectivity index (χ4n) is 4.29. The summed E-state index contributed by atoms with van der Waals surface area (Å²) in [7, 11) is 0. The van der Waals surface area contributed by atoms with Gasteiger partial charge in [-0.05, 0) is 17.6 Å². The fourth-order valence-corrected chi connectivity index (χ4v) is 4.29. The van der Waals surface area contributed by atoms with E-state index in [1.807, 2.05) is 15.9 Å². The van der Waals surface area contributed by atoms with Gasteiger partial charge in [-0.1, -0.05) is 36.4 Å². The van der Waals surface area contributed by atoms with E-state index in [4.69, 9.17) is 19.4 Å². The van der Waals surface area contributed by atoms with Crippen molar-refractivity contribution in [3.63, 3.8) is 0 Å². The van der Waals surface area contributed by atoms with Crippen molar-refractivity contribution in [2.24, 2.45) is 0 Å². The molecule has 1 aromatic carbocycles. The summed E-state index contributed by atoms with van der Waals surface area (Å²) >= 11 is 0. The second-order valence-electron chi connectivity index (χ2n) is 7.98. The van der Waals surface area contributed by atoms with Crippen LogP contribution in [0.25, 0.3) is 5.57 Å². The van der Waals surface area contributed by atoms with Gasteiger partial charge in [-0.15, -0.1) is 0 Å². The summed E-state index contributed by atoms with van der Waals surface area (Å²) < 4.78 is 26.5. The van der Waals surface area contributed by atoms with Gasteiger partial charge >= 0.3 is 0 Å². The summed E-state index contributed by atoms with van der Waals surface area (Å²) in [6.45, 7) is 6.37. The Morgan fingerprint density at radius 1 is 0.742 bits per heavy atom. The smallest absolute Gasteiger partial charge is 0.229 e. The van der Waals surface area contributed by atoms with Crippen molar-refractivity contribution in [2.45, 2.75) is 6.42 Å². The molecule has 0 unspecified atom stereocenters. The third kappa shape index (κ3) is 4.36. The highest BCUT2D eigenvalue weighted by Crippen LogP contribution is 2.31. The number of rotatable bonds is 4. The SMILES string of the molecule is Fc1c(N2CCOCC2)nc(N2CC=C(c3ccccc3)CC2)nc1N1CCOCC1. The zero-order chi connectivity index (χ0) is 21.0. The first-order valence-corrected chi connectivity index (χ1v) is 11.0. The van der Waals surface area contributed by atoms with E-state index >= 15 is 4.39 Å². The Labute approximate surface area is 182 Å². The van der Waals surface area contributed by atoms with Crippen LogP contribution in [-0.4, -0.2) is 75.7 Å². The van der Waals surface area contributed by atoms with Crippen LogP contribution in [-0.2, 0) is 9.47 Å². The van der Waals surface area contributed by atoms with Crippen molar-refractivity contribution < 1.29 is 13.9 Å². The summed E-state index contributed by atoms with van der Waals surface area (Å²) in [4.78, 5) is 15.5. The van der Waals surface area contributed by atoms with Crippen molar-refractivity contribution in [1.82, 2.24) is 9.97 Å². The summed E-state index contributed by atoms with van der Waals surface area (Å²) in [6, 6.07) is 10.4.